The van der Waals surface area contributed by atoms with Gasteiger partial charge in [0.05, 0.1) is 0 Å². The number of aromatic hydroxyl groups is 2. The normalized spacial score (nSPS) is 14.2. The highest BCUT2D eigenvalue weighted by molar-refractivity contribution is 5.87. The Morgan fingerprint density at radius 3 is 1.31 bits per heavy atom. The van der Waals surface area contributed by atoms with Crippen molar-refractivity contribution in [3.8, 4) is 22.6 Å². The summed E-state index contributed by atoms with van der Waals surface area (Å²) < 4.78 is 0. The largest absolute Gasteiger partial charge is 0.507 e. The molecule has 0 aliphatic heterocycles. The molecule has 0 fully saturated rings. The molecule has 0 amide bonds. The number of benzene rings is 6. The van der Waals surface area contributed by atoms with E-state index in [2.05, 4.69) is 108 Å². The maximum Gasteiger partial charge on any atom is 0.128 e. The second-order valence-corrected chi connectivity index (χ2v) is 13.7. The standard InChI is InChI=1S/C44H44N2O2/c47-43-35(27-45-25-33-17-9-15-29-11-1-5-19-37(29)33)23-31-13-3-7-21-39(31)41(43)42-40-22-8-4-14-32(40)24-36(44(42)48)28-46-26-34-18-10-16-30-12-2-6-20-38(30)34/h1-2,5-6,9-12,15-20,23-24,45-48H,3-4,7-8,13-14,21-22,25-28H2. The van der Waals surface area contributed by atoms with Crippen LogP contribution >= 0.6 is 0 Å². The van der Waals surface area contributed by atoms with Crippen molar-refractivity contribution in [2.45, 2.75) is 77.5 Å². The molecular formula is C44H44N2O2. The van der Waals surface area contributed by atoms with E-state index < -0.39 is 0 Å². The van der Waals surface area contributed by atoms with Crippen LogP contribution in [0.1, 0.15) is 70.2 Å². The van der Waals surface area contributed by atoms with E-state index in [1.54, 1.807) is 0 Å². The molecule has 0 saturated heterocycles. The van der Waals surface area contributed by atoms with Crippen LogP contribution in [0, 0.1) is 0 Å². The van der Waals surface area contributed by atoms with Crippen LogP contribution in [0.25, 0.3) is 32.7 Å². The molecular weight excluding hydrogens is 588 g/mol. The number of nitrogens with one attached hydrogen (secondary N) is 2. The van der Waals surface area contributed by atoms with Gasteiger partial charge in [-0.25, -0.2) is 0 Å². The van der Waals surface area contributed by atoms with Gasteiger partial charge in [-0.05, 0) is 106 Å². The van der Waals surface area contributed by atoms with E-state index in [-0.39, 0.29) is 0 Å². The summed E-state index contributed by atoms with van der Waals surface area (Å²) in [5.74, 6) is 0.648. The molecule has 4 heteroatoms. The number of phenolic OH excluding ortho intramolecular Hbond substituents is 2. The number of aryl methyl sites for hydroxylation is 2. The fourth-order valence-corrected chi connectivity index (χ4v) is 8.28. The second kappa shape index (κ2) is 13.5. The molecule has 0 heterocycles. The van der Waals surface area contributed by atoms with Gasteiger partial charge >= 0.3 is 0 Å². The molecule has 0 atom stereocenters. The average Bonchev–Trinajstić information content (AvgIpc) is 3.13. The van der Waals surface area contributed by atoms with Gasteiger partial charge in [0.15, 0.2) is 0 Å². The first kappa shape index (κ1) is 30.7. The molecule has 0 unspecified atom stereocenters. The summed E-state index contributed by atoms with van der Waals surface area (Å²) >= 11 is 0. The molecule has 0 aromatic heterocycles. The zero-order valence-electron chi connectivity index (χ0n) is 27.6. The van der Waals surface area contributed by atoms with E-state index in [1.165, 1.54) is 54.9 Å². The quantitative estimate of drug-likeness (QED) is 0.128. The van der Waals surface area contributed by atoms with Crippen molar-refractivity contribution in [1.82, 2.24) is 10.6 Å². The van der Waals surface area contributed by atoms with E-state index in [0.717, 1.165) is 73.6 Å². The van der Waals surface area contributed by atoms with Crippen LogP contribution in [0.3, 0.4) is 0 Å². The van der Waals surface area contributed by atoms with E-state index in [1.807, 2.05) is 0 Å². The Morgan fingerprint density at radius 2 is 0.833 bits per heavy atom. The molecule has 0 bridgehead atoms. The number of rotatable bonds is 9. The van der Waals surface area contributed by atoms with Crippen molar-refractivity contribution in [3.05, 3.63) is 142 Å². The lowest BCUT2D eigenvalue weighted by molar-refractivity contribution is 0.455. The summed E-state index contributed by atoms with van der Waals surface area (Å²) in [6.07, 6.45) is 8.40. The minimum atomic E-state index is 0.324. The van der Waals surface area contributed by atoms with Crippen LogP contribution in [-0.2, 0) is 51.9 Å². The Hall–Kier alpha value is -4.64. The summed E-state index contributed by atoms with van der Waals surface area (Å²) in [7, 11) is 0. The Balaban J connectivity index is 1.13. The summed E-state index contributed by atoms with van der Waals surface area (Å²) in [5, 5.41) is 36.6. The van der Waals surface area contributed by atoms with Crippen molar-refractivity contribution in [2.24, 2.45) is 0 Å². The average molecular weight is 633 g/mol. The van der Waals surface area contributed by atoms with Gasteiger partial charge in [0, 0.05) is 48.4 Å². The van der Waals surface area contributed by atoms with Crippen LogP contribution in [0.5, 0.6) is 11.5 Å². The van der Waals surface area contributed by atoms with Crippen LogP contribution in [0.15, 0.2) is 97.1 Å². The van der Waals surface area contributed by atoms with Gasteiger partial charge in [0.2, 0.25) is 0 Å². The zero-order valence-corrected chi connectivity index (χ0v) is 27.6. The molecule has 48 heavy (non-hydrogen) atoms. The Kier molecular flexibility index (Phi) is 8.61. The van der Waals surface area contributed by atoms with Gasteiger partial charge in [-0.2, -0.15) is 0 Å². The third-order valence-corrected chi connectivity index (χ3v) is 10.7. The lowest BCUT2D eigenvalue weighted by Gasteiger charge is -2.28. The zero-order chi connectivity index (χ0) is 32.5. The predicted octanol–water partition coefficient (Wildman–Crippen LogP) is 9.41. The third-order valence-electron chi connectivity index (χ3n) is 10.7. The van der Waals surface area contributed by atoms with E-state index in [0.29, 0.717) is 37.7 Å². The van der Waals surface area contributed by atoms with Gasteiger partial charge < -0.3 is 20.8 Å². The fraction of sp³-hybridized carbons (Fsp3) is 0.273. The van der Waals surface area contributed by atoms with Gasteiger partial charge in [-0.3, -0.25) is 0 Å². The number of fused-ring (bicyclic) bond motifs is 4. The molecule has 0 saturated carbocycles. The van der Waals surface area contributed by atoms with Crippen molar-refractivity contribution in [2.75, 3.05) is 0 Å². The molecule has 0 spiro atoms. The van der Waals surface area contributed by atoms with Gasteiger partial charge in [-0.15, -0.1) is 0 Å². The molecule has 6 aromatic carbocycles. The third kappa shape index (κ3) is 5.85. The van der Waals surface area contributed by atoms with Crippen LogP contribution < -0.4 is 10.6 Å². The van der Waals surface area contributed by atoms with Crippen LogP contribution in [-0.4, -0.2) is 10.2 Å². The molecule has 6 aromatic rings. The summed E-state index contributed by atoms with van der Waals surface area (Å²) in [6, 6.07) is 34.3. The number of phenols is 2. The Morgan fingerprint density at radius 1 is 0.438 bits per heavy atom. The summed E-state index contributed by atoms with van der Waals surface area (Å²) in [6.45, 7) is 2.55. The summed E-state index contributed by atoms with van der Waals surface area (Å²) in [4.78, 5) is 0. The molecule has 242 valence electrons. The lowest BCUT2D eigenvalue weighted by Crippen LogP contribution is -2.17. The molecule has 2 aliphatic carbocycles. The highest BCUT2D eigenvalue weighted by Crippen LogP contribution is 2.48. The van der Waals surface area contributed by atoms with Crippen molar-refractivity contribution in [3.63, 3.8) is 0 Å². The first-order chi connectivity index (χ1) is 23.7. The minimum absolute atomic E-state index is 0.324. The number of hydrogen-bond donors (Lipinski definition) is 4. The van der Waals surface area contributed by atoms with Gasteiger partial charge in [-0.1, -0.05) is 97.1 Å². The van der Waals surface area contributed by atoms with E-state index in [9.17, 15) is 10.2 Å². The second-order valence-electron chi connectivity index (χ2n) is 13.7. The molecule has 0 radical (unpaired) electrons. The molecule has 4 N–H and O–H groups in total. The molecule has 2 aliphatic rings. The minimum Gasteiger partial charge on any atom is -0.507 e. The smallest absolute Gasteiger partial charge is 0.128 e. The predicted molar refractivity (Wildman–Crippen MR) is 197 cm³/mol. The van der Waals surface area contributed by atoms with Crippen molar-refractivity contribution < 1.29 is 10.2 Å². The first-order valence-electron chi connectivity index (χ1n) is 17.7. The monoisotopic (exact) mass is 632 g/mol. The Bertz CT molecular complexity index is 1970. The summed E-state index contributed by atoms with van der Waals surface area (Å²) in [5.41, 5.74) is 11.2. The molecule has 4 nitrogen and oxygen atoms in total. The van der Waals surface area contributed by atoms with E-state index in [4.69, 9.17) is 0 Å². The number of hydrogen-bond acceptors (Lipinski definition) is 4. The lowest BCUT2D eigenvalue weighted by atomic mass is 9.78. The maximum absolute atomic E-state index is 12.1. The highest BCUT2D eigenvalue weighted by Gasteiger charge is 2.28. The Labute approximate surface area is 283 Å². The van der Waals surface area contributed by atoms with Crippen LogP contribution in [0.4, 0.5) is 0 Å². The van der Waals surface area contributed by atoms with Crippen molar-refractivity contribution in [1.29, 1.82) is 0 Å². The SMILES string of the molecule is Oc1c(CNCc2cccc3ccccc23)cc2c(c1-c1c(O)c(CNCc3cccc4ccccc34)cc3c1CCCC3)CCCC2. The van der Waals surface area contributed by atoms with Gasteiger partial charge in [0.25, 0.3) is 0 Å². The fourth-order valence-electron chi connectivity index (χ4n) is 8.28. The maximum atomic E-state index is 12.1. The van der Waals surface area contributed by atoms with Gasteiger partial charge in [0.1, 0.15) is 11.5 Å². The topological polar surface area (TPSA) is 64.5 Å². The highest BCUT2D eigenvalue weighted by atomic mass is 16.3. The first-order valence-corrected chi connectivity index (χ1v) is 17.7. The van der Waals surface area contributed by atoms with Crippen LogP contribution in [0.2, 0.25) is 0 Å². The van der Waals surface area contributed by atoms with E-state index >= 15 is 0 Å². The molecule has 8 rings (SSSR count). The van der Waals surface area contributed by atoms with Crippen molar-refractivity contribution >= 4 is 21.5 Å².